The maximum atomic E-state index is 11.5. The summed E-state index contributed by atoms with van der Waals surface area (Å²) in [6.07, 6.45) is 5.92. The van der Waals surface area contributed by atoms with Gasteiger partial charge >= 0.3 is 6.09 Å². The molecule has 1 heterocycles. The van der Waals surface area contributed by atoms with Crippen molar-refractivity contribution in [3.05, 3.63) is 17.2 Å². The zero-order valence-electron chi connectivity index (χ0n) is 10.7. The van der Waals surface area contributed by atoms with E-state index >= 15 is 0 Å². The Labute approximate surface area is 116 Å². The van der Waals surface area contributed by atoms with Gasteiger partial charge in [0, 0.05) is 17.0 Å². The number of nitrogens with one attached hydrogen (secondary N) is 1. The van der Waals surface area contributed by atoms with Gasteiger partial charge in [-0.15, -0.1) is 11.6 Å². The van der Waals surface area contributed by atoms with Crippen molar-refractivity contribution in [3.8, 4) is 0 Å². The van der Waals surface area contributed by atoms with E-state index in [1.807, 2.05) is 32.9 Å². The number of alkyl halides is 1. The minimum atomic E-state index is -0.510. The molecule has 1 amide bonds. The maximum Gasteiger partial charge on any atom is 0.413 e. The van der Waals surface area contributed by atoms with Gasteiger partial charge in [0.05, 0.1) is 0 Å². The molecule has 0 aliphatic heterocycles. The molecule has 0 bridgehead atoms. The Bertz CT molecular complexity index is 424. The van der Waals surface area contributed by atoms with Crippen LogP contribution in [0.1, 0.15) is 32.1 Å². The van der Waals surface area contributed by atoms with Crippen molar-refractivity contribution in [2.75, 3.05) is 11.2 Å². The smallest absolute Gasteiger partial charge is 0.413 e. The van der Waals surface area contributed by atoms with Gasteiger partial charge in [-0.3, -0.25) is 5.32 Å². The number of allylic oxidation sites excluding steroid dienone is 1. The molecule has 0 fully saturated rings. The van der Waals surface area contributed by atoms with E-state index in [1.54, 1.807) is 6.20 Å². The minimum Gasteiger partial charge on any atom is -0.444 e. The number of thiazole rings is 1. The SMILES string of the molecule is CC(C)(C)OC(=O)Nc1ncc(C=CCCCl)s1. The lowest BCUT2D eigenvalue weighted by atomic mass is 10.2. The highest BCUT2D eigenvalue weighted by atomic mass is 35.5. The van der Waals surface area contributed by atoms with E-state index in [-0.39, 0.29) is 0 Å². The normalized spacial score (nSPS) is 11.8. The number of anilines is 1. The monoisotopic (exact) mass is 288 g/mol. The van der Waals surface area contributed by atoms with Crippen LogP contribution < -0.4 is 5.32 Å². The predicted octanol–water partition coefficient (Wildman–Crippen LogP) is 4.13. The van der Waals surface area contributed by atoms with Crippen LogP contribution in [-0.2, 0) is 4.74 Å². The molecule has 4 nitrogen and oxygen atoms in total. The largest absolute Gasteiger partial charge is 0.444 e. The standard InChI is InChI=1S/C12H17ClN2O2S/c1-12(2,3)17-11(16)15-10-14-8-9(18-10)6-4-5-7-13/h4,6,8H,5,7H2,1-3H3,(H,14,15,16). The number of aromatic nitrogens is 1. The molecule has 0 radical (unpaired) electrons. The number of amides is 1. The summed E-state index contributed by atoms with van der Waals surface area (Å²) < 4.78 is 5.13. The molecular formula is C12H17ClN2O2S. The van der Waals surface area contributed by atoms with E-state index in [9.17, 15) is 4.79 Å². The van der Waals surface area contributed by atoms with E-state index in [0.29, 0.717) is 11.0 Å². The highest BCUT2D eigenvalue weighted by molar-refractivity contribution is 7.16. The van der Waals surface area contributed by atoms with Gasteiger partial charge in [-0.2, -0.15) is 0 Å². The lowest BCUT2D eigenvalue weighted by molar-refractivity contribution is 0.0636. The molecule has 1 aromatic rings. The maximum absolute atomic E-state index is 11.5. The summed E-state index contributed by atoms with van der Waals surface area (Å²) in [4.78, 5) is 16.5. The molecule has 1 aromatic heterocycles. The summed E-state index contributed by atoms with van der Waals surface area (Å²) in [7, 11) is 0. The van der Waals surface area contributed by atoms with Crippen molar-refractivity contribution >= 4 is 40.2 Å². The summed E-state index contributed by atoms with van der Waals surface area (Å²) in [5.41, 5.74) is -0.510. The molecular weight excluding hydrogens is 272 g/mol. The van der Waals surface area contributed by atoms with Gasteiger partial charge in [0.2, 0.25) is 0 Å². The van der Waals surface area contributed by atoms with Crippen LogP contribution in [0.25, 0.3) is 6.08 Å². The van der Waals surface area contributed by atoms with Crippen LogP contribution in [0.5, 0.6) is 0 Å². The fourth-order valence-electron chi connectivity index (χ4n) is 1.07. The first kappa shape index (κ1) is 15.0. The Balaban J connectivity index is 2.51. The third kappa shape index (κ3) is 6.02. The molecule has 0 saturated heterocycles. The number of rotatable bonds is 4. The number of carbonyl (C=O) groups excluding carboxylic acids is 1. The fourth-order valence-corrected chi connectivity index (χ4v) is 1.93. The summed E-state index contributed by atoms with van der Waals surface area (Å²) in [5, 5.41) is 3.12. The number of hydrogen-bond donors (Lipinski definition) is 1. The van der Waals surface area contributed by atoms with Crippen molar-refractivity contribution < 1.29 is 9.53 Å². The van der Waals surface area contributed by atoms with Crippen LogP contribution >= 0.6 is 22.9 Å². The van der Waals surface area contributed by atoms with E-state index in [1.165, 1.54) is 11.3 Å². The topological polar surface area (TPSA) is 51.2 Å². The Morgan fingerprint density at radius 1 is 1.61 bits per heavy atom. The summed E-state index contributed by atoms with van der Waals surface area (Å²) in [5.74, 6) is 0.596. The molecule has 100 valence electrons. The van der Waals surface area contributed by atoms with E-state index in [0.717, 1.165) is 11.3 Å². The molecule has 0 atom stereocenters. The van der Waals surface area contributed by atoms with Gasteiger partial charge in [0.25, 0.3) is 0 Å². The number of nitrogens with zero attached hydrogens (tertiary/aromatic N) is 1. The van der Waals surface area contributed by atoms with Gasteiger partial charge in [-0.25, -0.2) is 9.78 Å². The highest BCUT2D eigenvalue weighted by Gasteiger charge is 2.16. The van der Waals surface area contributed by atoms with Crippen molar-refractivity contribution in [2.24, 2.45) is 0 Å². The average molecular weight is 289 g/mol. The number of carbonyl (C=O) groups is 1. The predicted molar refractivity (Wildman–Crippen MR) is 76.3 cm³/mol. The Morgan fingerprint density at radius 2 is 2.33 bits per heavy atom. The Kier molecular flexibility index (Phi) is 5.62. The van der Waals surface area contributed by atoms with Crippen molar-refractivity contribution in [3.63, 3.8) is 0 Å². The molecule has 0 aromatic carbocycles. The van der Waals surface area contributed by atoms with Gasteiger partial charge in [0.1, 0.15) is 5.60 Å². The van der Waals surface area contributed by atoms with E-state index < -0.39 is 11.7 Å². The Morgan fingerprint density at radius 3 is 2.94 bits per heavy atom. The Hall–Kier alpha value is -1.07. The van der Waals surface area contributed by atoms with E-state index in [2.05, 4.69) is 10.3 Å². The second kappa shape index (κ2) is 6.75. The van der Waals surface area contributed by atoms with Crippen molar-refractivity contribution in [2.45, 2.75) is 32.8 Å². The molecule has 0 spiro atoms. The molecule has 1 N–H and O–H groups in total. The fraction of sp³-hybridized carbons (Fsp3) is 0.500. The van der Waals surface area contributed by atoms with Crippen LogP contribution in [0.4, 0.5) is 9.93 Å². The molecule has 0 aliphatic rings. The second-order valence-corrected chi connectivity index (χ2v) is 6.01. The van der Waals surface area contributed by atoms with Gasteiger partial charge in [-0.05, 0) is 33.3 Å². The van der Waals surface area contributed by atoms with Crippen LogP contribution in [0.15, 0.2) is 12.3 Å². The quantitative estimate of drug-likeness (QED) is 0.848. The highest BCUT2D eigenvalue weighted by Crippen LogP contribution is 2.20. The third-order valence-electron chi connectivity index (χ3n) is 1.69. The van der Waals surface area contributed by atoms with Crippen molar-refractivity contribution in [1.29, 1.82) is 0 Å². The first-order valence-corrected chi connectivity index (χ1v) is 6.94. The van der Waals surface area contributed by atoms with Gasteiger partial charge in [0.15, 0.2) is 5.13 Å². The lowest BCUT2D eigenvalue weighted by Gasteiger charge is -2.18. The third-order valence-corrected chi connectivity index (χ3v) is 2.79. The number of halogens is 1. The molecule has 6 heteroatoms. The number of hydrogen-bond acceptors (Lipinski definition) is 4. The zero-order valence-corrected chi connectivity index (χ0v) is 12.3. The molecule has 0 aliphatic carbocycles. The van der Waals surface area contributed by atoms with Crippen LogP contribution in [0.2, 0.25) is 0 Å². The molecule has 0 saturated carbocycles. The van der Waals surface area contributed by atoms with Gasteiger partial charge < -0.3 is 4.74 Å². The van der Waals surface area contributed by atoms with Crippen molar-refractivity contribution in [1.82, 2.24) is 4.98 Å². The average Bonchev–Trinajstić information content (AvgIpc) is 2.63. The van der Waals surface area contributed by atoms with Crippen LogP contribution in [0.3, 0.4) is 0 Å². The lowest BCUT2D eigenvalue weighted by Crippen LogP contribution is -2.27. The van der Waals surface area contributed by atoms with Gasteiger partial charge in [-0.1, -0.05) is 17.4 Å². The van der Waals surface area contributed by atoms with E-state index in [4.69, 9.17) is 16.3 Å². The minimum absolute atomic E-state index is 0.492. The first-order chi connectivity index (χ1) is 8.40. The first-order valence-electron chi connectivity index (χ1n) is 5.59. The van der Waals surface area contributed by atoms with Crippen LogP contribution in [-0.4, -0.2) is 22.6 Å². The second-order valence-electron chi connectivity index (χ2n) is 4.57. The summed E-state index contributed by atoms with van der Waals surface area (Å²) in [6, 6.07) is 0. The summed E-state index contributed by atoms with van der Waals surface area (Å²) in [6.45, 7) is 5.44. The molecule has 0 unspecified atom stereocenters. The zero-order chi connectivity index (χ0) is 13.6. The van der Waals surface area contributed by atoms with Crippen LogP contribution in [0, 0.1) is 0 Å². The molecule has 1 rings (SSSR count). The molecule has 18 heavy (non-hydrogen) atoms. The number of ether oxygens (including phenoxy) is 1. The summed E-state index contributed by atoms with van der Waals surface area (Å²) >= 11 is 6.95.